The van der Waals surface area contributed by atoms with Gasteiger partial charge < -0.3 is 10.6 Å². The number of halogens is 3. The maximum Gasteiger partial charge on any atom is 0.471 e. The highest BCUT2D eigenvalue weighted by Gasteiger charge is 2.38. The Labute approximate surface area is 143 Å². The summed E-state index contributed by atoms with van der Waals surface area (Å²) >= 11 is 0. The summed E-state index contributed by atoms with van der Waals surface area (Å²) in [5, 5.41) is 4.48. The molecule has 0 bridgehead atoms. The van der Waals surface area contributed by atoms with Crippen molar-refractivity contribution in [2.75, 3.05) is 5.32 Å². The van der Waals surface area contributed by atoms with Crippen LogP contribution in [-0.2, 0) is 11.3 Å². The number of carbonyl (C=O) groups is 2. The van der Waals surface area contributed by atoms with E-state index in [0.717, 1.165) is 11.1 Å². The van der Waals surface area contributed by atoms with Crippen LogP contribution in [0.4, 0.5) is 18.9 Å². The Hall–Kier alpha value is -2.83. The maximum atomic E-state index is 12.3. The van der Waals surface area contributed by atoms with Crippen molar-refractivity contribution in [1.82, 2.24) is 5.32 Å². The van der Waals surface area contributed by atoms with Gasteiger partial charge in [-0.05, 0) is 54.8 Å². The molecule has 2 aromatic carbocycles. The Morgan fingerprint density at radius 3 is 2.36 bits per heavy atom. The standard InChI is InChI=1S/C18H17F3N2O2/c1-11-6-7-14(8-12(11)2)16(24)22-10-13-4-3-5-15(9-13)23-17(25)18(19,20)21/h3-9H,10H2,1-2H3,(H,22,24)(H,23,25). The first-order valence-corrected chi connectivity index (χ1v) is 7.49. The minimum absolute atomic E-state index is 0.0141. The largest absolute Gasteiger partial charge is 0.471 e. The quantitative estimate of drug-likeness (QED) is 0.883. The minimum Gasteiger partial charge on any atom is -0.348 e. The minimum atomic E-state index is -4.95. The molecule has 0 atom stereocenters. The lowest BCUT2D eigenvalue weighted by molar-refractivity contribution is -0.167. The van der Waals surface area contributed by atoms with Crippen LogP contribution in [0.1, 0.15) is 27.0 Å². The molecule has 0 aliphatic carbocycles. The molecule has 0 radical (unpaired) electrons. The first-order valence-electron chi connectivity index (χ1n) is 7.49. The van der Waals surface area contributed by atoms with E-state index in [2.05, 4.69) is 5.32 Å². The molecule has 2 amide bonds. The van der Waals surface area contributed by atoms with E-state index in [1.165, 1.54) is 18.2 Å². The number of carbonyl (C=O) groups excluding carboxylic acids is 2. The van der Waals surface area contributed by atoms with Crippen LogP contribution in [0.3, 0.4) is 0 Å². The molecule has 132 valence electrons. The highest BCUT2D eigenvalue weighted by Crippen LogP contribution is 2.19. The SMILES string of the molecule is Cc1ccc(C(=O)NCc2cccc(NC(=O)C(F)(F)F)c2)cc1C. The number of hydrogen-bond donors (Lipinski definition) is 2. The van der Waals surface area contributed by atoms with Crippen LogP contribution < -0.4 is 10.6 Å². The first-order chi connectivity index (χ1) is 11.7. The van der Waals surface area contributed by atoms with E-state index in [1.54, 1.807) is 23.5 Å². The van der Waals surface area contributed by atoms with Gasteiger partial charge in [-0.15, -0.1) is 0 Å². The number of aryl methyl sites for hydroxylation is 2. The van der Waals surface area contributed by atoms with Crippen LogP contribution in [0.2, 0.25) is 0 Å². The van der Waals surface area contributed by atoms with Crippen molar-refractivity contribution in [2.24, 2.45) is 0 Å². The number of benzene rings is 2. The zero-order valence-electron chi connectivity index (χ0n) is 13.7. The average Bonchev–Trinajstić information content (AvgIpc) is 2.54. The summed E-state index contributed by atoms with van der Waals surface area (Å²) in [6, 6.07) is 11.2. The highest BCUT2D eigenvalue weighted by molar-refractivity contribution is 5.95. The maximum absolute atomic E-state index is 12.3. The third kappa shape index (κ3) is 5.07. The first kappa shape index (κ1) is 18.5. The van der Waals surface area contributed by atoms with Crippen molar-refractivity contribution >= 4 is 17.5 Å². The fraction of sp³-hybridized carbons (Fsp3) is 0.222. The molecule has 2 aromatic rings. The van der Waals surface area contributed by atoms with Crippen molar-refractivity contribution in [2.45, 2.75) is 26.6 Å². The van der Waals surface area contributed by atoms with Gasteiger partial charge in [-0.25, -0.2) is 0 Å². The third-order valence-corrected chi connectivity index (χ3v) is 3.66. The fourth-order valence-electron chi connectivity index (χ4n) is 2.13. The molecule has 0 aliphatic rings. The average molecular weight is 350 g/mol. The van der Waals surface area contributed by atoms with Crippen LogP contribution in [0.15, 0.2) is 42.5 Å². The molecule has 0 spiro atoms. The number of alkyl halides is 3. The summed E-state index contributed by atoms with van der Waals surface area (Å²) in [5.41, 5.74) is 3.15. The van der Waals surface area contributed by atoms with Gasteiger partial charge in [0.15, 0.2) is 0 Å². The van der Waals surface area contributed by atoms with Crippen LogP contribution in [0.5, 0.6) is 0 Å². The van der Waals surface area contributed by atoms with Crippen molar-refractivity contribution in [3.63, 3.8) is 0 Å². The van der Waals surface area contributed by atoms with Gasteiger partial charge in [0.2, 0.25) is 0 Å². The second-order valence-corrected chi connectivity index (χ2v) is 5.63. The molecule has 2 N–H and O–H groups in total. The van der Waals surface area contributed by atoms with Crippen LogP contribution >= 0.6 is 0 Å². The molecular formula is C18H17F3N2O2. The van der Waals surface area contributed by atoms with Gasteiger partial charge in [0.05, 0.1) is 0 Å². The molecule has 0 aliphatic heterocycles. The van der Waals surface area contributed by atoms with E-state index in [-0.39, 0.29) is 18.1 Å². The molecule has 0 saturated heterocycles. The number of rotatable bonds is 4. The molecule has 25 heavy (non-hydrogen) atoms. The van der Waals surface area contributed by atoms with Gasteiger partial charge in [0.25, 0.3) is 5.91 Å². The highest BCUT2D eigenvalue weighted by atomic mass is 19.4. The molecule has 0 aromatic heterocycles. The van der Waals surface area contributed by atoms with Crippen molar-refractivity contribution in [3.05, 3.63) is 64.7 Å². The number of hydrogen-bond acceptors (Lipinski definition) is 2. The molecule has 4 nitrogen and oxygen atoms in total. The summed E-state index contributed by atoms with van der Waals surface area (Å²) in [5.74, 6) is -2.32. The molecular weight excluding hydrogens is 333 g/mol. The van der Waals surface area contributed by atoms with Crippen molar-refractivity contribution in [3.8, 4) is 0 Å². The van der Waals surface area contributed by atoms with E-state index in [1.807, 2.05) is 19.9 Å². The molecule has 7 heteroatoms. The summed E-state index contributed by atoms with van der Waals surface area (Å²) in [6.45, 7) is 3.97. The lowest BCUT2D eigenvalue weighted by atomic mass is 10.1. The van der Waals surface area contributed by atoms with E-state index < -0.39 is 12.1 Å². The van der Waals surface area contributed by atoms with Gasteiger partial charge in [-0.2, -0.15) is 13.2 Å². The van der Waals surface area contributed by atoms with Crippen molar-refractivity contribution < 1.29 is 22.8 Å². The third-order valence-electron chi connectivity index (χ3n) is 3.66. The Morgan fingerprint density at radius 1 is 1.00 bits per heavy atom. The van der Waals surface area contributed by atoms with Gasteiger partial charge in [0, 0.05) is 17.8 Å². The number of amides is 2. The summed E-state index contributed by atoms with van der Waals surface area (Å²) in [4.78, 5) is 23.1. The van der Waals surface area contributed by atoms with E-state index in [0.29, 0.717) is 11.1 Å². The molecule has 0 saturated carbocycles. The Balaban J connectivity index is 2.01. The van der Waals surface area contributed by atoms with E-state index >= 15 is 0 Å². The zero-order chi connectivity index (χ0) is 18.6. The van der Waals surface area contributed by atoms with Crippen LogP contribution in [0, 0.1) is 13.8 Å². The van der Waals surface area contributed by atoms with E-state index in [4.69, 9.17) is 0 Å². The van der Waals surface area contributed by atoms with Gasteiger partial charge in [-0.3, -0.25) is 9.59 Å². The lowest BCUT2D eigenvalue weighted by Gasteiger charge is -2.10. The molecule has 2 rings (SSSR count). The summed E-state index contributed by atoms with van der Waals surface area (Å²) in [6.07, 6.45) is -4.95. The predicted octanol–water partition coefficient (Wildman–Crippen LogP) is 3.73. The second kappa shape index (κ2) is 7.38. The smallest absolute Gasteiger partial charge is 0.348 e. The second-order valence-electron chi connectivity index (χ2n) is 5.63. The van der Waals surface area contributed by atoms with Gasteiger partial charge in [-0.1, -0.05) is 18.2 Å². The Kier molecular flexibility index (Phi) is 5.46. The Bertz CT molecular complexity index is 801. The summed E-state index contributed by atoms with van der Waals surface area (Å²) in [7, 11) is 0. The molecule has 0 unspecified atom stereocenters. The normalized spacial score (nSPS) is 11.1. The van der Waals surface area contributed by atoms with Gasteiger partial charge >= 0.3 is 12.1 Å². The molecule has 0 heterocycles. The zero-order valence-corrected chi connectivity index (χ0v) is 13.7. The predicted molar refractivity (Wildman–Crippen MR) is 88.2 cm³/mol. The summed E-state index contributed by atoms with van der Waals surface area (Å²) < 4.78 is 36.8. The number of nitrogens with one attached hydrogen (secondary N) is 2. The lowest BCUT2D eigenvalue weighted by Crippen LogP contribution is -2.30. The molecule has 0 fully saturated rings. The van der Waals surface area contributed by atoms with Crippen molar-refractivity contribution in [1.29, 1.82) is 0 Å². The van der Waals surface area contributed by atoms with Crippen LogP contribution in [-0.4, -0.2) is 18.0 Å². The van der Waals surface area contributed by atoms with Crippen LogP contribution in [0.25, 0.3) is 0 Å². The topological polar surface area (TPSA) is 58.2 Å². The Morgan fingerprint density at radius 2 is 1.72 bits per heavy atom. The van der Waals surface area contributed by atoms with Gasteiger partial charge in [0.1, 0.15) is 0 Å². The fourth-order valence-corrected chi connectivity index (χ4v) is 2.13. The van der Waals surface area contributed by atoms with E-state index in [9.17, 15) is 22.8 Å². The monoisotopic (exact) mass is 350 g/mol. The number of anilines is 1.